The number of likely N-dealkylation sites (N-methyl/N-ethyl adjacent to an activating group) is 1. The number of imide groups is 1. The molecule has 1 unspecified atom stereocenters. The van der Waals surface area contributed by atoms with E-state index in [0.717, 1.165) is 5.56 Å². The lowest BCUT2D eigenvalue weighted by atomic mass is 10.0. The monoisotopic (exact) mass is 368 g/mol. The Balaban J connectivity index is 2.11. The average molecular weight is 368 g/mol. The van der Waals surface area contributed by atoms with Crippen molar-refractivity contribution >= 4 is 23.5 Å². The molecule has 2 rings (SSSR count). The first-order chi connectivity index (χ1) is 12.9. The van der Waals surface area contributed by atoms with Gasteiger partial charge in [0.1, 0.15) is 6.04 Å². The maximum Gasteiger partial charge on any atom is 0.321 e. The lowest BCUT2D eigenvalue weighted by molar-refractivity contribution is -0.126. The van der Waals surface area contributed by atoms with Gasteiger partial charge in [-0.1, -0.05) is 48.0 Å². The van der Waals surface area contributed by atoms with Crippen LogP contribution in [0.15, 0.2) is 54.6 Å². The Morgan fingerprint density at radius 1 is 1.00 bits per heavy atom. The number of amides is 4. The van der Waals surface area contributed by atoms with Gasteiger partial charge in [-0.2, -0.15) is 0 Å². The summed E-state index contributed by atoms with van der Waals surface area (Å²) in [5.41, 5.74) is 2.47. The van der Waals surface area contributed by atoms with Gasteiger partial charge in [0.15, 0.2) is 0 Å². The average Bonchev–Trinajstić information content (AvgIpc) is 2.64. The Bertz CT molecular complexity index is 791. The summed E-state index contributed by atoms with van der Waals surface area (Å²) in [6.07, 6.45) is 0. The van der Waals surface area contributed by atoms with E-state index in [9.17, 15) is 14.4 Å². The van der Waals surface area contributed by atoms with Gasteiger partial charge in [-0.15, -0.1) is 0 Å². The van der Waals surface area contributed by atoms with E-state index in [-0.39, 0.29) is 12.5 Å². The van der Waals surface area contributed by atoms with Gasteiger partial charge in [0.25, 0.3) is 0 Å². The van der Waals surface area contributed by atoms with Gasteiger partial charge in [-0.25, -0.2) is 4.79 Å². The Labute approximate surface area is 158 Å². The van der Waals surface area contributed by atoms with E-state index in [0.29, 0.717) is 11.3 Å². The molecule has 7 heteroatoms. The van der Waals surface area contributed by atoms with Crippen molar-refractivity contribution in [3.05, 3.63) is 65.7 Å². The molecule has 7 nitrogen and oxygen atoms in total. The minimum absolute atomic E-state index is 0.0192. The van der Waals surface area contributed by atoms with E-state index in [1.807, 2.05) is 37.3 Å². The summed E-state index contributed by atoms with van der Waals surface area (Å²) >= 11 is 0. The van der Waals surface area contributed by atoms with E-state index < -0.39 is 18.0 Å². The van der Waals surface area contributed by atoms with Gasteiger partial charge in [0.05, 0.1) is 6.54 Å². The van der Waals surface area contributed by atoms with E-state index in [1.165, 1.54) is 7.05 Å². The molecule has 0 fully saturated rings. The lowest BCUT2D eigenvalue weighted by Gasteiger charge is -2.26. The summed E-state index contributed by atoms with van der Waals surface area (Å²) in [5, 5.41) is 7.43. The zero-order chi connectivity index (χ0) is 19.8. The highest BCUT2D eigenvalue weighted by atomic mass is 16.2. The zero-order valence-electron chi connectivity index (χ0n) is 15.7. The molecule has 0 saturated carbocycles. The number of aryl methyl sites for hydroxylation is 1. The molecule has 27 heavy (non-hydrogen) atoms. The lowest BCUT2D eigenvalue weighted by Crippen LogP contribution is -2.46. The molecule has 3 N–H and O–H groups in total. The summed E-state index contributed by atoms with van der Waals surface area (Å²) in [6, 6.07) is 15.1. The molecule has 0 aliphatic rings. The molecule has 4 amide bonds. The van der Waals surface area contributed by atoms with Crippen molar-refractivity contribution in [2.45, 2.75) is 13.0 Å². The predicted molar refractivity (Wildman–Crippen MR) is 104 cm³/mol. The topological polar surface area (TPSA) is 90.5 Å². The van der Waals surface area contributed by atoms with Gasteiger partial charge >= 0.3 is 6.03 Å². The number of anilines is 1. The van der Waals surface area contributed by atoms with Crippen molar-refractivity contribution in [1.82, 2.24) is 15.5 Å². The Morgan fingerprint density at radius 3 is 2.22 bits per heavy atom. The van der Waals surface area contributed by atoms with Crippen molar-refractivity contribution in [1.29, 1.82) is 0 Å². The zero-order valence-corrected chi connectivity index (χ0v) is 15.7. The first kappa shape index (κ1) is 20.1. The third kappa shape index (κ3) is 5.93. The fourth-order valence-electron chi connectivity index (χ4n) is 2.64. The van der Waals surface area contributed by atoms with Crippen molar-refractivity contribution in [2.24, 2.45) is 0 Å². The summed E-state index contributed by atoms with van der Waals surface area (Å²) in [6.45, 7) is 1.95. The van der Waals surface area contributed by atoms with Crippen molar-refractivity contribution in [3.63, 3.8) is 0 Å². The summed E-state index contributed by atoms with van der Waals surface area (Å²) < 4.78 is 0. The highest BCUT2D eigenvalue weighted by Crippen LogP contribution is 2.19. The van der Waals surface area contributed by atoms with Crippen LogP contribution in [0.4, 0.5) is 10.5 Å². The van der Waals surface area contributed by atoms with Crippen molar-refractivity contribution < 1.29 is 14.4 Å². The molecule has 142 valence electrons. The molecule has 0 saturated heterocycles. The summed E-state index contributed by atoms with van der Waals surface area (Å²) in [7, 11) is 3.09. The fraction of sp³-hybridized carbons (Fsp3) is 0.250. The summed E-state index contributed by atoms with van der Waals surface area (Å²) in [4.78, 5) is 38.1. The molecule has 0 bridgehead atoms. The van der Waals surface area contributed by atoms with Crippen LogP contribution in [0.3, 0.4) is 0 Å². The van der Waals surface area contributed by atoms with Crippen LogP contribution in [-0.4, -0.2) is 43.4 Å². The first-order valence-corrected chi connectivity index (χ1v) is 8.55. The third-order valence-corrected chi connectivity index (χ3v) is 4.00. The second-order valence-corrected chi connectivity index (χ2v) is 6.21. The number of hydrogen-bond acceptors (Lipinski definition) is 4. The molecule has 0 aromatic heterocycles. The molecule has 0 aliphatic carbocycles. The van der Waals surface area contributed by atoms with Crippen LogP contribution in [0.1, 0.15) is 17.2 Å². The van der Waals surface area contributed by atoms with E-state index in [2.05, 4.69) is 16.0 Å². The van der Waals surface area contributed by atoms with Crippen LogP contribution >= 0.6 is 0 Å². The predicted octanol–water partition coefficient (Wildman–Crippen LogP) is 2.06. The number of rotatable bonds is 6. The molecule has 0 radical (unpaired) electrons. The van der Waals surface area contributed by atoms with Gasteiger partial charge in [-0.05, 0) is 31.7 Å². The highest BCUT2D eigenvalue weighted by molar-refractivity contribution is 5.98. The van der Waals surface area contributed by atoms with Crippen LogP contribution in [0.5, 0.6) is 0 Å². The summed E-state index contributed by atoms with van der Waals surface area (Å²) in [5.74, 6) is -0.763. The maximum atomic E-state index is 12.6. The molecule has 2 aromatic rings. The van der Waals surface area contributed by atoms with Crippen LogP contribution in [0.25, 0.3) is 0 Å². The molecule has 1 atom stereocenters. The number of nitrogens with one attached hydrogen (secondary N) is 3. The van der Waals surface area contributed by atoms with E-state index in [1.54, 1.807) is 36.2 Å². The minimum Gasteiger partial charge on any atom is -0.341 e. The van der Waals surface area contributed by atoms with Crippen LogP contribution in [0, 0.1) is 6.92 Å². The number of carbonyl (C=O) groups is 3. The Hall–Kier alpha value is -3.19. The van der Waals surface area contributed by atoms with Crippen molar-refractivity contribution in [3.8, 4) is 0 Å². The van der Waals surface area contributed by atoms with E-state index >= 15 is 0 Å². The van der Waals surface area contributed by atoms with Gasteiger partial charge in [0.2, 0.25) is 11.8 Å². The van der Waals surface area contributed by atoms with Gasteiger partial charge in [0, 0.05) is 12.7 Å². The van der Waals surface area contributed by atoms with Crippen LogP contribution < -0.4 is 16.0 Å². The van der Waals surface area contributed by atoms with Crippen molar-refractivity contribution in [2.75, 3.05) is 26.0 Å². The fourth-order valence-corrected chi connectivity index (χ4v) is 2.64. The molecule has 0 heterocycles. The van der Waals surface area contributed by atoms with Gasteiger partial charge in [-0.3, -0.25) is 19.8 Å². The SMILES string of the molecule is CNC(=O)NC(=O)C(c1ccccc1)N(C)CC(=O)Nc1ccc(C)cc1. The molecule has 0 spiro atoms. The number of benzene rings is 2. The van der Waals surface area contributed by atoms with Crippen LogP contribution in [-0.2, 0) is 9.59 Å². The minimum atomic E-state index is -0.785. The maximum absolute atomic E-state index is 12.6. The molecule has 0 aliphatic heterocycles. The normalized spacial score (nSPS) is 11.6. The molecule has 2 aromatic carbocycles. The van der Waals surface area contributed by atoms with Gasteiger partial charge < -0.3 is 10.6 Å². The molecular weight excluding hydrogens is 344 g/mol. The highest BCUT2D eigenvalue weighted by Gasteiger charge is 2.27. The number of carbonyl (C=O) groups excluding carboxylic acids is 3. The first-order valence-electron chi connectivity index (χ1n) is 8.55. The second kappa shape index (κ2) is 9.49. The number of urea groups is 1. The smallest absolute Gasteiger partial charge is 0.321 e. The Kier molecular flexibility index (Phi) is 7.08. The third-order valence-electron chi connectivity index (χ3n) is 4.00. The van der Waals surface area contributed by atoms with E-state index in [4.69, 9.17) is 0 Å². The Morgan fingerprint density at radius 2 is 1.63 bits per heavy atom. The largest absolute Gasteiger partial charge is 0.341 e. The number of hydrogen-bond donors (Lipinski definition) is 3. The number of nitrogens with zero attached hydrogens (tertiary/aromatic N) is 1. The molecular formula is C20H24N4O3. The quantitative estimate of drug-likeness (QED) is 0.728. The second-order valence-electron chi connectivity index (χ2n) is 6.21. The standard InChI is InChI=1S/C20H24N4O3/c1-14-9-11-16(12-10-14)22-17(25)13-24(3)18(15-7-5-4-6-8-15)19(26)23-20(27)21-2/h4-12,18H,13H2,1-3H3,(H,22,25)(H2,21,23,26,27). The van der Waals surface area contributed by atoms with Crippen LogP contribution in [0.2, 0.25) is 0 Å².